The summed E-state index contributed by atoms with van der Waals surface area (Å²) < 4.78 is 31.6. The predicted molar refractivity (Wildman–Crippen MR) is 176 cm³/mol. The van der Waals surface area contributed by atoms with E-state index in [1.54, 1.807) is 30.3 Å². The summed E-state index contributed by atoms with van der Waals surface area (Å²) in [6, 6.07) is 8.48. The van der Waals surface area contributed by atoms with Gasteiger partial charge in [0.2, 0.25) is 5.78 Å². The number of ketones is 1. The van der Waals surface area contributed by atoms with Crippen LogP contribution in [0.3, 0.4) is 0 Å². The van der Waals surface area contributed by atoms with E-state index in [0.29, 0.717) is 17.9 Å². The second-order valence-electron chi connectivity index (χ2n) is 13.1. The van der Waals surface area contributed by atoms with Gasteiger partial charge < -0.3 is 14.4 Å². The average Bonchev–Trinajstić information content (AvgIpc) is 3.23. The van der Waals surface area contributed by atoms with E-state index in [0.717, 1.165) is 24.0 Å². The highest BCUT2D eigenvalue weighted by Gasteiger charge is 2.26. The van der Waals surface area contributed by atoms with E-state index in [1.165, 1.54) is 122 Å². The summed E-state index contributed by atoms with van der Waals surface area (Å²) in [4.78, 5) is 12.7. The maximum atomic E-state index is 12.7. The summed E-state index contributed by atoms with van der Waals surface area (Å²) in [5.41, 5.74) is 0.530. The normalized spacial score (nSPS) is 16.0. The number of carbonyl (C=O) groups is 1. The van der Waals surface area contributed by atoms with Crippen LogP contribution in [-0.2, 0) is 20.7 Å². The second kappa shape index (κ2) is 24.1. The van der Waals surface area contributed by atoms with Crippen molar-refractivity contribution >= 4 is 15.9 Å². The highest BCUT2D eigenvalue weighted by Crippen LogP contribution is 2.15. The van der Waals surface area contributed by atoms with Crippen molar-refractivity contribution in [1.29, 1.82) is 0 Å². The number of likely N-dealkylation sites (N-methyl/N-ethyl adjacent to an activating group) is 1. The molecule has 0 spiro atoms. The third-order valence-electron chi connectivity index (χ3n) is 8.34. The maximum Gasteiger partial charge on any atom is 0.203 e. The Morgan fingerprint density at radius 3 is 1.79 bits per heavy atom. The molecule has 0 amide bonds. The monoisotopic (exact) mass is 608 g/mol. The van der Waals surface area contributed by atoms with Gasteiger partial charge in [0.05, 0.1) is 42.6 Å². The lowest BCUT2D eigenvalue weighted by molar-refractivity contribution is -0.882. The Labute approximate surface area is 259 Å². The van der Waals surface area contributed by atoms with Gasteiger partial charge in [-0.1, -0.05) is 140 Å². The summed E-state index contributed by atoms with van der Waals surface area (Å²) in [6.45, 7) is 5.14. The molecule has 1 aromatic carbocycles. The SMILES string of the molecule is CCCCCCCCCCCCCCCCCC[N+](C)(C)CC(=O)C1CCCCCN1.O=S(=O)([O-])Cc1ccccc1. The molecular formula is C35H64N2O4S. The van der Waals surface area contributed by atoms with Crippen molar-refractivity contribution in [3.8, 4) is 0 Å². The Balaban J connectivity index is 0.000000666. The van der Waals surface area contributed by atoms with Crippen LogP contribution in [0, 0.1) is 0 Å². The van der Waals surface area contributed by atoms with Gasteiger partial charge in [0.25, 0.3) is 0 Å². The molecule has 1 heterocycles. The Morgan fingerprint density at radius 2 is 1.29 bits per heavy atom. The lowest BCUT2D eigenvalue weighted by Crippen LogP contribution is -2.50. The molecule has 1 fully saturated rings. The minimum Gasteiger partial charge on any atom is -0.748 e. The third-order valence-corrected chi connectivity index (χ3v) is 9.02. The number of benzene rings is 1. The van der Waals surface area contributed by atoms with Crippen LogP contribution < -0.4 is 5.32 Å². The number of quaternary nitrogens is 1. The van der Waals surface area contributed by atoms with E-state index in [9.17, 15) is 17.8 Å². The fourth-order valence-corrected chi connectivity index (χ4v) is 6.38. The van der Waals surface area contributed by atoms with Gasteiger partial charge in [0, 0.05) is 0 Å². The molecular weight excluding hydrogens is 544 g/mol. The zero-order valence-corrected chi connectivity index (χ0v) is 28.2. The number of hydrogen-bond acceptors (Lipinski definition) is 5. The third kappa shape index (κ3) is 23.2. The van der Waals surface area contributed by atoms with Gasteiger partial charge in [0.1, 0.15) is 6.54 Å². The smallest absolute Gasteiger partial charge is 0.203 e. The molecule has 7 heteroatoms. The lowest BCUT2D eigenvalue weighted by Gasteiger charge is -2.30. The van der Waals surface area contributed by atoms with E-state index < -0.39 is 15.9 Å². The molecule has 0 bridgehead atoms. The van der Waals surface area contributed by atoms with Crippen molar-refractivity contribution < 1.29 is 22.2 Å². The largest absolute Gasteiger partial charge is 0.748 e. The molecule has 0 radical (unpaired) electrons. The highest BCUT2D eigenvalue weighted by atomic mass is 32.2. The molecule has 0 aromatic heterocycles. The molecule has 244 valence electrons. The van der Waals surface area contributed by atoms with Crippen molar-refractivity contribution in [2.75, 3.05) is 33.7 Å². The first-order valence-electron chi connectivity index (χ1n) is 17.2. The molecule has 42 heavy (non-hydrogen) atoms. The molecule has 1 atom stereocenters. The maximum absolute atomic E-state index is 12.7. The fourth-order valence-electron chi connectivity index (χ4n) is 5.78. The Hall–Kier alpha value is -1.28. The van der Waals surface area contributed by atoms with Crippen LogP contribution in [-0.4, -0.2) is 63.0 Å². The minimum atomic E-state index is -4.13. The van der Waals surface area contributed by atoms with Crippen molar-refractivity contribution in [3.63, 3.8) is 0 Å². The van der Waals surface area contributed by atoms with Crippen LogP contribution in [0.25, 0.3) is 0 Å². The quantitative estimate of drug-likeness (QED) is 0.0815. The van der Waals surface area contributed by atoms with Crippen LogP contribution in [0.1, 0.15) is 141 Å². The molecule has 0 aliphatic carbocycles. The lowest BCUT2D eigenvalue weighted by atomic mass is 10.0. The second-order valence-corrected chi connectivity index (χ2v) is 14.5. The first-order valence-corrected chi connectivity index (χ1v) is 18.8. The van der Waals surface area contributed by atoms with Crippen molar-refractivity contribution in [1.82, 2.24) is 5.32 Å². The van der Waals surface area contributed by atoms with Crippen molar-refractivity contribution in [2.45, 2.75) is 147 Å². The van der Waals surface area contributed by atoms with E-state index in [-0.39, 0.29) is 6.04 Å². The Kier molecular flexibility index (Phi) is 22.2. The van der Waals surface area contributed by atoms with Gasteiger partial charge >= 0.3 is 0 Å². The summed E-state index contributed by atoms with van der Waals surface area (Å²) in [7, 11) is 0.345. The van der Waals surface area contributed by atoms with Gasteiger partial charge in [-0.3, -0.25) is 4.79 Å². The minimum absolute atomic E-state index is 0.116. The summed E-state index contributed by atoms with van der Waals surface area (Å²) in [5, 5.41) is 3.47. The van der Waals surface area contributed by atoms with E-state index in [4.69, 9.17) is 0 Å². The standard InChI is InChI=1S/C28H57N2O.C7H8O3S/c1-4-5-6-7-8-9-10-11-12-13-14-15-16-17-18-22-25-30(2,3)26-28(31)27-23-20-19-21-24-29-27;8-11(9,10)6-7-4-2-1-3-5-7/h27,29H,4-26H2,1-3H3;1-5H,6H2,(H,8,9,10)/q+1;/p-1. The van der Waals surface area contributed by atoms with Gasteiger partial charge in [-0.2, -0.15) is 0 Å². The van der Waals surface area contributed by atoms with Crippen molar-refractivity contribution in [2.24, 2.45) is 0 Å². The van der Waals surface area contributed by atoms with Crippen molar-refractivity contribution in [3.05, 3.63) is 35.9 Å². The first-order chi connectivity index (χ1) is 20.1. The molecule has 1 aliphatic rings. The number of unbranched alkanes of at least 4 members (excludes halogenated alkanes) is 15. The van der Waals surface area contributed by atoms with Gasteiger partial charge in [-0.25, -0.2) is 8.42 Å². The van der Waals surface area contributed by atoms with Crippen LogP contribution in [0.15, 0.2) is 30.3 Å². The topological polar surface area (TPSA) is 86.3 Å². The predicted octanol–water partition coefficient (Wildman–Crippen LogP) is 8.16. The zero-order chi connectivity index (χ0) is 30.9. The highest BCUT2D eigenvalue weighted by molar-refractivity contribution is 7.84. The molecule has 1 unspecified atom stereocenters. The van der Waals surface area contributed by atoms with Gasteiger partial charge in [-0.15, -0.1) is 0 Å². The van der Waals surface area contributed by atoms with Gasteiger partial charge in [-0.05, 0) is 37.8 Å². The number of nitrogens with one attached hydrogen (secondary N) is 1. The van der Waals surface area contributed by atoms with Crippen LogP contribution in [0.2, 0.25) is 0 Å². The average molecular weight is 609 g/mol. The summed E-state index contributed by atoms with van der Waals surface area (Å²) in [5.74, 6) is 0.0109. The number of Topliss-reactive ketones (excluding diaryl/α,β-unsaturated/α-hetero) is 1. The number of nitrogens with zero attached hydrogens (tertiary/aromatic N) is 1. The number of rotatable bonds is 22. The molecule has 6 nitrogen and oxygen atoms in total. The Morgan fingerprint density at radius 1 is 0.786 bits per heavy atom. The number of hydrogen-bond donors (Lipinski definition) is 1. The number of carbonyl (C=O) groups excluding carboxylic acids is 1. The van der Waals surface area contributed by atoms with E-state index in [2.05, 4.69) is 26.3 Å². The van der Waals surface area contributed by atoms with E-state index in [1.807, 2.05) is 0 Å². The molecule has 1 aromatic rings. The van der Waals surface area contributed by atoms with E-state index >= 15 is 0 Å². The Bertz CT molecular complexity index is 882. The molecule has 2 rings (SSSR count). The molecule has 1 N–H and O–H groups in total. The molecule has 0 saturated carbocycles. The van der Waals surface area contributed by atoms with Crippen LogP contribution >= 0.6 is 0 Å². The van der Waals surface area contributed by atoms with Crippen LogP contribution in [0.5, 0.6) is 0 Å². The zero-order valence-electron chi connectivity index (χ0n) is 27.4. The van der Waals surface area contributed by atoms with Crippen LogP contribution in [0.4, 0.5) is 0 Å². The molecule has 1 saturated heterocycles. The first kappa shape index (κ1) is 38.7. The summed E-state index contributed by atoms with van der Waals surface area (Å²) in [6.07, 6.45) is 27.4. The molecule has 1 aliphatic heterocycles. The van der Waals surface area contributed by atoms with Gasteiger partial charge in [0.15, 0.2) is 0 Å². The fraction of sp³-hybridized carbons (Fsp3) is 0.800. The summed E-state index contributed by atoms with van der Waals surface area (Å²) >= 11 is 0.